The van der Waals surface area contributed by atoms with Gasteiger partial charge in [0.25, 0.3) is 0 Å². The molecule has 0 radical (unpaired) electrons. The summed E-state index contributed by atoms with van der Waals surface area (Å²) in [5.41, 5.74) is 12.8. The second kappa shape index (κ2) is 12.0. The normalized spacial score (nSPS) is 13.2. The van der Waals surface area contributed by atoms with Gasteiger partial charge in [-0.3, -0.25) is 0 Å². The van der Waals surface area contributed by atoms with Gasteiger partial charge in [0.2, 0.25) is 0 Å². The quantitative estimate of drug-likeness (QED) is 0.159. The van der Waals surface area contributed by atoms with E-state index in [9.17, 15) is 0 Å². The van der Waals surface area contributed by atoms with Crippen molar-refractivity contribution >= 4 is 64.6 Å². The van der Waals surface area contributed by atoms with Crippen molar-refractivity contribution in [3.63, 3.8) is 0 Å². The lowest BCUT2D eigenvalue weighted by atomic mass is 9.80. The van der Waals surface area contributed by atoms with Crippen molar-refractivity contribution in [3.05, 3.63) is 205 Å². The minimum atomic E-state index is -0.153. The molecule has 0 fully saturated rings. The SMILES string of the molecule is CC1(C)c2cc(-c3cccc(-c4cc5c6ccccc6c6ccccc6c5c5ccccc45)c3)ccc2-c2ccc(-c3cc4ccccc4c4ccccc34)cc21. The molecule has 57 heavy (non-hydrogen) atoms. The lowest BCUT2D eigenvalue weighted by Crippen LogP contribution is -2.15. The molecule has 0 aliphatic heterocycles. The predicted molar refractivity (Wildman–Crippen MR) is 245 cm³/mol. The lowest BCUT2D eigenvalue weighted by molar-refractivity contribution is 0.661. The molecule has 266 valence electrons. The van der Waals surface area contributed by atoms with Crippen molar-refractivity contribution in [2.45, 2.75) is 19.3 Å². The molecule has 0 bridgehead atoms. The van der Waals surface area contributed by atoms with E-state index in [1.165, 1.54) is 120 Å². The van der Waals surface area contributed by atoms with Crippen LogP contribution in [0.3, 0.4) is 0 Å². The monoisotopic (exact) mass is 722 g/mol. The summed E-state index contributed by atoms with van der Waals surface area (Å²) in [6, 6.07) is 72.7. The maximum Gasteiger partial charge on any atom is 0.0159 e. The third-order valence-electron chi connectivity index (χ3n) is 13.0. The Balaban J connectivity index is 0.985. The lowest BCUT2D eigenvalue weighted by Gasteiger charge is -2.23. The number of benzene rings is 11. The Kier molecular flexibility index (Phi) is 6.78. The molecule has 11 aromatic rings. The second-order valence-corrected chi connectivity index (χ2v) is 16.4. The molecule has 0 amide bonds. The van der Waals surface area contributed by atoms with E-state index in [-0.39, 0.29) is 5.41 Å². The molecule has 0 saturated heterocycles. The van der Waals surface area contributed by atoms with Crippen LogP contribution in [0.5, 0.6) is 0 Å². The summed E-state index contributed by atoms with van der Waals surface area (Å²) in [5, 5.41) is 15.6. The van der Waals surface area contributed by atoms with Crippen molar-refractivity contribution in [2.75, 3.05) is 0 Å². The molecule has 11 aromatic carbocycles. The first-order valence-corrected chi connectivity index (χ1v) is 20.1. The van der Waals surface area contributed by atoms with E-state index in [1.54, 1.807) is 0 Å². The van der Waals surface area contributed by atoms with Crippen LogP contribution >= 0.6 is 0 Å². The fourth-order valence-corrected chi connectivity index (χ4v) is 10.2. The highest BCUT2D eigenvalue weighted by atomic mass is 14.4. The Bertz CT molecular complexity index is 3490. The number of hydrogen-bond acceptors (Lipinski definition) is 0. The summed E-state index contributed by atoms with van der Waals surface area (Å²) in [5.74, 6) is 0. The molecule has 12 rings (SSSR count). The summed E-state index contributed by atoms with van der Waals surface area (Å²) in [7, 11) is 0. The minimum absolute atomic E-state index is 0.153. The molecule has 1 aliphatic rings. The average Bonchev–Trinajstić information content (AvgIpc) is 3.50. The van der Waals surface area contributed by atoms with E-state index in [4.69, 9.17) is 0 Å². The first-order valence-electron chi connectivity index (χ1n) is 20.1. The molecule has 0 unspecified atom stereocenters. The van der Waals surface area contributed by atoms with Crippen molar-refractivity contribution < 1.29 is 0 Å². The van der Waals surface area contributed by atoms with Crippen LogP contribution in [0.15, 0.2) is 194 Å². The molecule has 0 heterocycles. The van der Waals surface area contributed by atoms with Gasteiger partial charge in [0.1, 0.15) is 0 Å². The second-order valence-electron chi connectivity index (χ2n) is 16.4. The summed E-state index contributed by atoms with van der Waals surface area (Å²) in [6.45, 7) is 4.80. The fraction of sp³-hybridized carbons (Fsp3) is 0.0526. The number of fused-ring (bicyclic) bond motifs is 14. The van der Waals surface area contributed by atoms with Gasteiger partial charge in [-0.2, -0.15) is 0 Å². The molecule has 0 N–H and O–H groups in total. The van der Waals surface area contributed by atoms with E-state index >= 15 is 0 Å². The van der Waals surface area contributed by atoms with Crippen LogP contribution in [-0.4, -0.2) is 0 Å². The van der Waals surface area contributed by atoms with Gasteiger partial charge in [-0.15, -0.1) is 0 Å². The zero-order valence-corrected chi connectivity index (χ0v) is 32.0. The Labute approximate surface area is 332 Å². The van der Waals surface area contributed by atoms with Crippen LogP contribution in [0, 0.1) is 0 Å². The van der Waals surface area contributed by atoms with Gasteiger partial charge in [0.15, 0.2) is 0 Å². The summed E-state index contributed by atoms with van der Waals surface area (Å²) < 4.78 is 0. The van der Waals surface area contributed by atoms with Gasteiger partial charge >= 0.3 is 0 Å². The largest absolute Gasteiger partial charge is 0.0616 e. The minimum Gasteiger partial charge on any atom is -0.0616 e. The van der Waals surface area contributed by atoms with Gasteiger partial charge in [-0.25, -0.2) is 0 Å². The highest BCUT2D eigenvalue weighted by Crippen LogP contribution is 2.51. The average molecular weight is 723 g/mol. The Hall–Kier alpha value is -7.02. The zero-order valence-electron chi connectivity index (χ0n) is 32.0. The molecule has 0 aromatic heterocycles. The molecule has 0 saturated carbocycles. The molecule has 1 aliphatic carbocycles. The van der Waals surface area contributed by atoms with Crippen LogP contribution in [-0.2, 0) is 5.41 Å². The summed E-state index contributed by atoms with van der Waals surface area (Å²) in [6.07, 6.45) is 0. The predicted octanol–water partition coefficient (Wildman–Crippen LogP) is 15.9. The van der Waals surface area contributed by atoms with Crippen LogP contribution in [0.4, 0.5) is 0 Å². The highest BCUT2D eigenvalue weighted by molar-refractivity contribution is 6.33. The third-order valence-corrected chi connectivity index (χ3v) is 13.0. The van der Waals surface area contributed by atoms with E-state index in [1.807, 2.05) is 0 Å². The molecule has 0 heteroatoms. The van der Waals surface area contributed by atoms with Gasteiger partial charge in [-0.05, 0) is 151 Å². The van der Waals surface area contributed by atoms with E-state index in [0.29, 0.717) is 0 Å². The summed E-state index contributed by atoms with van der Waals surface area (Å²) in [4.78, 5) is 0. The number of hydrogen-bond donors (Lipinski definition) is 0. The molecular weight excluding hydrogens is 685 g/mol. The smallest absolute Gasteiger partial charge is 0.0159 e. The van der Waals surface area contributed by atoms with Crippen LogP contribution in [0.1, 0.15) is 25.0 Å². The van der Waals surface area contributed by atoms with E-state index < -0.39 is 0 Å². The molecule has 0 spiro atoms. The van der Waals surface area contributed by atoms with Gasteiger partial charge in [0.05, 0.1) is 0 Å². The molecule has 0 atom stereocenters. The highest BCUT2D eigenvalue weighted by Gasteiger charge is 2.36. The zero-order chi connectivity index (χ0) is 37.8. The number of rotatable bonds is 3. The molecular formula is C57H38. The van der Waals surface area contributed by atoms with Gasteiger partial charge < -0.3 is 0 Å². The van der Waals surface area contributed by atoms with Crippen LogP contribution in [0.2, 0.25) is 0 Å². The Morgan fingerprint density at radius 2 is 0.684 bits per heavy atom. The van der Waals surface area contributed by atoms with E-state index in [2.05, 4.69) is 208 Å². The topological polar surface area (TPSA) is 0 Å². The van der Waals surface area contributed by atoms with Crippen LogP contribution in [0.25, 0.3) is 109 Å². The van der Waals surface area contributed by atoms with Crippen molar-refractivity contribution in [1.82, 2.24) is 0 Å². The van der Waals surface area contributed by atoms with Crippen molar-refractivity contribution in [2.24, 2.45) is 0 Å². The van der Waals surface area contributed by atoms with Crippen molar-refractivity contribution in [3.8, 4) is 44.5 Å². The van der Waals surface area contributed by atoms with Crippen molar-refractivity contribution in [1.29, 1.82) is 0 Å². The Morgan fingerprint density at radius 3 is 1.37 bits per heavy atom. The van der Waals surface area contributed by atoms with Gasteiger partial charge in [0, 0.05) is 5.41 Å². The Morgan fingerprint density at radius 1 is 0.263 bits per heavy atom. The van der Waals surface area contributed by atoms with Gasteiger partial charge in [-0.1, -0.05) is 178 Å². The van der Waals surface area contributed by atoms with E-state index in [0.717, 1.165) is 0 Å². The third kappa shape index (κ3) is 4.68. The molecule has 0 nitrogen and oxygen atoms in total. The maximum atomic E-state index is 2.46. The standard InChI is InChI=1S/C57H38/c1-57(2)54-32-36(26-28-47(54)48-29-27-39(33-55(48)57)51-31-38-14-3-4-17-40(38)41-18-5-7-21-44(41)51)35-15-13-16-37(30-35)52-34-53-45-22-8-6-19-42(45)43-20-9-11-24-49(43)56(53)50-25-12-10-23-46(50)52/h3-34H,1-2H3. The maximum absolute atomic E-state index is 2.46. The fourth-order valence-electron chi connectivity index (χ4n) is 10.2. The van der Waals surface area contributed by atoms with Crippen LogP contribution < -0.4 is 0 Å². The first kappa shape index (κ1) is 32.2. The first-order chi connectivity index (χ1) is 28.0. The summed E-state index contributed by atoms with van der Waals surface area (Å²) >= 11 is 0.